The number of nitrogens with one attached hydrogen (secondary N) is 1. The van der Waals surface area contributed by atoms with Gasteiger partial charge < -0.3 is 25.4 Å². The molecule has 8 heteroatoms. The van der Waals surface area contributed by atoms with E-state index in [2.05, 4.69) is 5.32 Å². The number of ether oxygens (including phenoxy) is 1. The average molecular weight is 334 g/mol. The Balaban J connectivity index is 0.000000626. The molecular weight excluding hydrogens is 314 g/mol. The number of halogens is 1. The van der Waals surface area contributed by atoms with Crippen LogP contribution in [-0.2, 0) is 9.59 Å². The summed E-state index contributed by atoms with van der Waals surface area (Å²) in [6.45, 7) is 4.32. The van der Waals surface area contributed by atoms with E-state index >= 15 is 0 Å². The Morgan fingerprint density at radius 3 is 2.36 bits per heavy atom. The van der Waals surface area contributed by atoms with Crippen molar-refractivity contribution in [1.29, 1.82) is 0 Å². The molecule has 1 aromatic carbocycles. The van der Waals surface area contributed by atoms with E-state index in [9.17, 15) is 0 Å². The van der Waals surface area contributed by atoms with Gasteiger partial charge in [0, 0.05) is 11.6 Å². The number of carboxylic acids is 2. The topological polar surface area (TPSA) is 116 Å². The molecule has 1 rings (SSSR count). The molecule has 7 nitrogen and oxygen atoms in total. The van der Waals surface area contributed by atoms with Crippen molar-refractivity contribution in [2.45, 2.75) is 13.3 Å². The van der Waals surface area contributed by atoms with Crippen molar-refractivity contribution in [3.63, 3.8) is 0 Å². The van der Waals surface area contributed by atoms with Gasteiger partial charge in [0.25, 0.3) is 0 Å². The Morgan fingerprint density at radius 2 is 1.86 bits per heavy atom. The standard InChI is InChI=1S/C12H18ClNO2.C2H2O4/c1-10-9-11(13)3-4-12(10)16-8-2-5-14-6-7-15;3-1(4)2(5)6/h3-4,9,14-15H,2,5-8H2,1H3;(H,3,4)(H,5,6). The molecule has 0 saturated carbocycles. The maximum atomic E-state index is 9.10. The Bertz CT molecular complexity index is 468. The number of carboxylic acid groups (broad SMARTS) is 2. The molecule has 0 bridgehead atoms. The smallest absolute Gasteiger partial charge is 0.414 e. The first-order valence-electron chi connectivity index (χ1n) is 6.55. The molecule has 0 aliphatic carbocycles. The molecule has 0 aliphatic rings. The molecule has 0 amide bonds. The van der Waals surface area contributed by atoms with E-state index < -0.39 is 11.9 Å². The molecule has 0 fully saturated rings. The van der Waals surface area contributed by atoms with Gasteiger partial charge in [0.15, 0.2) is 0 Å². The number of rotatable bonds is 7. The molecule has 0 spiro atoms. The lowest BCUT2D eigenvalue weighted by molar-refractivity contribution is -0.159. The third-order valence-corrected chi connectivity index (χ3v) is 2.60. The second-order valence-electron chi connectivity index (χ2n) is 4.20. The number of aryl methyl sites for hydroxylation is 1. The molecular formula is C14H20ClNO6. The predicted molar refractivity (Wildman–Crippen MR) is 81.5 cm³/mol. The number of hydrogen-bond acceptors (Lipinski definition) is 5. The van der Waals surface area contributed by atoms with Gasteiger partial charge >= 0.3 is 11.9 Å². The lowest BCUT2D eigenvalue weighted by Crippen LogP contribution is -2.20. The Labute approximate surface area is 133 Å². The van der Waals surface area contributed by atoms with Crippen LogP contribution >= 0.6 is 11.6 Å². The van der Waals surface area contributed by atoms with Gasteiger partial charge in [-0.15, -0.1) is 0 Å². The zero-order valence-electron chi connectivity index (χ0n) is 12.2. The zero-order valence-corrected chi connectivity index (χ0v) is 13.0. The number of benzene rings is 1. The fourth-order valence-corrected chi connectivity index (χ4v) is 1.58. The third-order valence-electron chi connectivity index (χ3n) is 2.36. The quantitative estimate of drug-likeness (QED) is 0.437. The molecule has 0 saturated heterocycles. The van der Waals surface area contributed by atoms with Crippen LogP contribution in [0.3, 0.4) is 0 Å². The third kappa shape index (κ3) is 9.98. The molecule has 0 heterocycles. The lowest BCUT2D eigenvalue weighted by Gasteiger charge is -2.09. The SMILES string of the molecule is Cc1cc(Cl)ccc1OCCCNCCO.O=C(O)C(=O)O. The Morgan fingerprint density at radius 1 is 1.23 bits per heavy atom. The lowest BCUT2D eigenvalue weighted by atomic mass is 10.2. The van der Waals surface area contributed by atoms with Crippen molar-refractivity contribution in [1.82, 2.24) is 5.32 Å². The molecule has 124 valence electrons. The number of hydrogen-bond donors (Lipinski definition) is 4. The second kappa shape index (κ2) is 11.8. The second-order valence-corrected chi connectivity index (χ2v) is 4.63. The molecule has 4 N–H and O–H groups in total. The largest absolute Gasteiger partial charge is 0.493 e. The van der Waals surface area contributed by atoms with Gasteiger partial charge in [-0.05, 0) is 43.7 Å². The molecule has 0 atom stereocenters. The van der Waals surface area contributed by atoms with E-state index in [1.54, 1.807) is 0 Å². The maximum Gasteiger partial charge on any atom is 0.414 e. The summed E-state index contributed by atoms with van der Waals surface area (Å²) in [5.41, 5.74) is 1.05. The van der Waals surface area contributed by atoms with Crippen LogP contribution in [0.2, 0.25) is 5.02 Å². The summed E-state index contributed by atoms with van der Waals surface area (Å²) in [6, 6.07) is 5.60. The van der Waals surface area contributed by atoms with Crippen LogP contribution < -0.4 is 10.1 Å². The number of aliphatic hydroxyl groups is 1. The van der Waals surface area contributed by atoms with Crippen molar-refractivity contribution < 1.29 is 29.6 Å². The van der Waals surface area contributed by atoms with E-state index in [-0.39, 0.29) is 6.61 Å². The van der Waals surface area contributed by atoms with Gasteiger partial charge in [0.1, 0.15) is 5.75 Å². The summed E-state index contributed by atoms with van der Waals surface area (Å²) in [5.74, 6) is -2.77. The summed E-state index contributed by atoms with van der Waals surface area (Å²) in [6.07, 6.45) is 0.919. The highest BCUT2D eigenvalue weighted by molar-refractivity contribution is 6.30. The minimum absolute atomic E-state index is 0.178. The van der Waals surface area contributed by atoms with Crippen LogP contribution in [0.1, 0.15) is 12.0 Å². The van der Waals surface area contributed by atoms with Crippen molar-refractivity contribution in [3.8, 4) is 5.75 Å². The zero-order chi connectivity index (χ0) is 17.0. The number of carbonyl (C=O) groups is 2. The fraction of sp³-hybridized carbons (Fsp3) is 0.429. The molecule has 22 heavy (non-hydrogen) atoms. The molecule has 1 aromatic rings. The average Bonchev–Trinajstić information content (AvgIpc) is 2.45. The summed E-state index contributed by atoms with van der Waals surface area (Å²) in [4.78, 5) is 18.2. The van der Waals surface area contributed by atoms with Crippen LogP contribution in [-0.4, -0.2) is 53.6 Å². The minimum atomic E-state index is -1.82. The van der Waals surface area contributed by atoms with Crippen LogP contribution in [0.25, 0.3) is 0 Å². The minimum Gasteiger partial charge on any atom is -0.493 e. The number of aliphatic hydroxyl groups excluding tert-OH is 1. The maximum absolute atomic E-state index is 9.10. The van der Waals surface area contributed by atoms with E-state index in [4.69, 9.17) is 41.2 Å². The fourth-order valence-electron chi connectivity index (χ4n) is 1.36. The first-order chi connectivity index (χ1) is 10.4. The van der Waals surface area contributed by atoms with Crippen molar-refractivity contribution in [3.05, 3.63) is 28.8 Å². The van der Waals surface area contributed by atoms with Crippen molar-refractivity contribution in [2.24, 2.45) is 0 Å². The van der Waals surface area contributed by atoms with Gasteiger partial charge in [-0.25, -0.2) is 9.59 Å². The highest BCUT2D eigenvalue weighted by atomic mass is 35.5. The van der Waals surface area contributed by atoms with Crippen LogP contribution in [0.5, 0.6) is 5.75 Å². The van der Waals surface area contributed by atoms with Crippen molar-refractivity contribution in [2.75, 3.05) is 26.3 Å². The molecule has 0 unspecified atom stereocenters. The van der Waals surface area contributed by atoms with Crippen LogP contribution in [0.4, 0.5) is 0 Å². The molecule has 0 aromatic heterocycles. The van der Waals surface area contributed by atoms with E-state index in [0.717, 1.165) is 29.3 Å². The van der Waals surface area contributed by atoms with Gasteiger partial charge in [-0.1, -0.05) is 11.6 Å². The summed E-state index contributed by atoms with van der Waals surface area (Å²) in [5, 5.41) is 27.2. The van der Waals surface area contributed by atoms with Gasteiger partial charge in [-0.2, -0.15) is 0 Å². The van der Waals surface area contributed by atoms with Gasteiger partial charge in [-0.3, -0.25) is 0 Å². The highest BCUT2D eigenvalue weighted by Crippen LogP contribution is 2.21. The summed E-state index contributed by atoms with van der Waals surface area (Å²) >= 11 is 5.85. The Kier molecular flexibility index (Phi) is 10.8. The summed E-state index contributed by atoms with van der Waals surface area (Å²) in [7, 11) is 0. The monoisotopic (exact) mass is 333 g/mol. The first-order valence-corrected chi connectivity index (χ1v) is 6.93. The van der Waals surface area contributed by atoms with E-state index in [0.29, 0.717) is 13.2 Å². The van der Waals surface area contributed by atoms with E-state index in [1.165, 1.54) is 0 Å². The van der Waals surface area contributed by atoms with Crippen LogP contribution in [0, 0.1) is 6.92 Å². The molecule has 0 aliphatic heterocycles. The van der Waals surface area contributed by atoms with E-state index in [1.807, 2.05) is 25.1 Å². The van der Waals surface area contributed by atoms with Gasteiger partial charge in [0.2, 0.25) is 0 Å². The molecule has 0 radical (unpaired) electrons. The highest BCUT2D eigenvalue weighted by Gasteiger charge is 2.04. The number of aliphatic carboxylic acids is 2. The normalized spacial score (nSPS) is 9.59. The Hall–Kier alpha value is -1.83. The van der Waals surface area contributed by atoms with Crippen molar-refractivity contribution >= 4 is 23.5 Å². The summed E-state index contributed by atoms with van der Waals surface area (Å²) < 4.78 is 5.61. The van der Waals surface area contributed by atoms with Crippen LogP contribution in [0.15, 0.2) is 18.2 Å². The predicted octanol–water partition coefficient (Wildman–Crippen LogP) is 1.15. The first kappa shape index (κ1) is 20.2. The van der Waals surface area contributed by atoms with Gasteiger partial charge in [0.05, 0.1) is 13.2 Å².